The summed E-state index contributed by atoms with van der Waals surface area (Å²) >= 11 is 1.19. The third-order valence-electron chi connectivity index (χ3n) is 8.59. The van der Waals surface area contributed by atoms with Crippen molar-refractivity contribution < 1.29 is 26.7 Å². The van der Waals surface area contributed by atoms with E-state index in [1.54, 1.807) is 18.2 Å². The van der Waals surface area contributed by atoms with Gasteiger partial charge < -0.3 is 25.2 Å². The van der Waals surface area contributed by atoms with Crippen molar-refractivity contribution in [2.24, 2.45) is 0 Å². The number of hydrogen-bond donors (Lipinski definition) is 2. The van der Waals surface area contributed by atoms with Gasteiger partial charge in [-0.1, -0.05) is 38.0 Å². The molecule has 3 aromatic rings. The van der Waals surface area contributed by atoms with Crippen LogP contribution in [-0.4, -0.2) is 94.2 Å². The topological polar surface area (TPSA) is 39.8 Å². The average Bonchev–Trinajstić information content (AvgIpc) is 3.34. The van der Waals surface area contributed by atoms with Gasteiger partial charge in [-0.05, 0) is 87.2 Å². The molecule has 2 atom stereocenters. The van der Waals surface area contributed by atoms with E-state index in [4.69, 9.17) is 4.74 Å². The van der Waals surface area contributed by atoms with Crippen molar-refractivity contribution in [1.29, 1.82) is 0 Å². The first-order valence-electron chi connectivity index (χ1n) is 15.2. The molecule has 0 bridgehead atoms. The lowest BCUT2D eigenvalue weighted by Crippen LogP contribution is -2.46. The minimum absolute atomic E-state index is 0.121. The van der Waals surface area contributed by atoms with Crippen molar-refractivity contribution in [2.45, 2.75) is 50.1 Å². The molecule has 0 saturated carbocycles. The lowest BCUT2D eigenvalue weighted by molar-refractivity contribution is -0.126. The van der Waals surface area contributed by atoms with Crippen molar-refractivity contribution in [3.8, 4) is 17.6 Å². The highest BCUT2D eigenvalue weighted by molar-refractivity contribution is 7.65. The number of fused-ring (bicyclic) bond motifs is 1. The molecule has 2 aromatic carbocycles. The van der Waals surface area contributed by atoms with Crippen LogP contribution in [0.4, 0.5) is 33.3 Å². The van der Waals surface area contributed by atoms with Gasteiger partial charge in [-0.2, -0.15) is 13.2 Å². The van der Waals surface area contributed by atoms with Crippen LogP contribution in [0.3, 0.4) is 0 Å². The Kier molecular flexibility index (Phi) is 11.1. The van der Waals surface area contributed by atoms with Gasteiger partial charge in [0.2, 0.25) is 6.86 Å². The Hall–Kier alpha value is -2.64. The van der Waals surface area contributed by atoms with Crippen LogP contribution in [0, 0.1) is 11.8 Å². The van der Waals surface area contributed by atoms with E-state index in [0.717, 1.165) is 31.7 Å². The number of anilines is 2. The molecule has 12 heteroatoms. The summed E-state index contributed by atoms with van der Waals surface area (Å²) in [4.78, 5) is 4.53. The molecule has 0 aliphatic carbocycles. The summed E-state index contributed by atoms with van der Waals surface area (Å²) in [6.07, 6.45) is -1.52. The van der Waals surface area contributed by atoms with Crippen LogP contribution in [0.1, 0.15) is 29.7 Å². The molecule has 3 heterocycles. The minimum Gasteiger partial charge on any atom is -0.461 e. The standard InChI is InChI=1S/C33H40F5N4OPS/c1-41(2)22-12-16-44(17-13-22)23-9-10-28(30(18-23)43-21-34)39-14-5-8-31-25(19-33(36,37)38)24-6-4-7-29(32(24)45-31)40-27-11-15-42(3)20-26(27)35/h4,6-7,9-10,18,22,26-27,39-40H,11-17,19-21H2,1-3H3/t22?,26-,27-,44?/m1/s1. The molecule has 2 aliphatic heterocycles. The van der Waals surface area contributed by atoms with Crippen molar-refractivity contribution >= 4 is 46.0 Å². The molecular formula is C33H40F5N4OPS. The molecule has 0 amide bonds. The first-order chi connectivity index (χ1) is 21.5. The van der Waals surface area contributed by atoms with E-state index in [2.05, 4.69) is 47.5 Å². The SMILES string of the molecule is CN1CC[C@@H](Nc2cccc3c(CC(F)(F)F)c(C#CCNc4ccc(P5CCC(N(C)C)CC5)cc4OCF)sc23)[C@H](F)C1. The summed E-state index contributed by atoms with van der Waals surface area (Å²) in [6, 6.07) is 11.2. The lowest BCUT2D eigenvalue weighted by Gasteiger charge is -2.33. The van der Waals surface area contributed by atoms with E-state index in [-0.39, 0.29) is 20.0 Å². The zero-order valence-corrected chi connectivity index (χ0v) is 27.5. The molecule has 2 fully saturated rings. The number of thiophene rings is 1. The smallest absolute Gasteiger partial charge is 0.393 e. The number of alkyl halides is 5. The van der Waals surface area contributed by atoms with Crippen LogP contribution >= 0.6 is 19.3 Å². The second kappa shape index (κ2) is 14.8. The average molecular weight is 667 g/mol. The number of halogens is 5. The molecule has 0 radical (unpaired) electrons. The molecule has 244 valence electrons. The maximum atomic E-state index is 14.8. The normalized spacial score (nSPS) is 22.7. The maximum absolute atomic E-state index is 14.8. The number of hydrogen-bond acceptors (Lipinski definition) is 6. The first-order valence-corrected chi connectivity index (χ1v) is 17.7. The molecule has 5 rings (SSSR count). The number of rotatable bonds is 9. The monoisotopic (exact) mass is 666 g/mol. The van der Waals surface area contributed by atoms with Gasteiger partial charge in [-0.15, -0.1) is 11.3 Å². The van der Waals surface area contributed by atoms with Crippen molar-refractivity contribution in [3.63, 3.8) is 0 Å². The zero-order valence-electron chi connectivity index (χ0n) is 25.8. The molecule has 0 spiro atoms. The van der Waals surface area contributed by atoms with Gasteiger partial charge in [-0.3, -0.25) is 0 Å². The van der Waals surface area contributed by atoms with Gasteiger partial charge in [0.15, 0.2) is 0 Å². The van der Waals surface area contributed by atoms with Crippen LogP contribution in [0.15, 0.2) is 36.4 Å². The Morgan fingerprint density at radius 1 is 1.11 bits per heavy atom. The summed E-state index contributed by atoms with van der Waals surface area (Å²) in [5.41, 5.74) is 1.33. The van der Waals surface area contributed by atoms with Crippen molar-refractivity contribution in [2.75, 3.05) is 70.6 Å². The zero-order chi connectivity index (χ0) is 32.1. The predicted molar refractivity (Wildman–Crippen MR) is 177 cm³/mol. The Balaban J connectivity index is 1.33. The summed E-state index contributed by atoms with van der Waals surface area (Å²) < 4.78 is 75.0. The fourth-order valence-corrected chi connectivity index (χ4v) is 9.83. The van der Waals surface area contributed by atoms with Gasteiger partial charge in [0.1, 0.15) is 11.9 Å². The number of likely N-dealkylation sites (tertiary alicyclic amines) is 1. The largest absolute Gasteiger partial charge is 0.461 e. The highest BCUT2D eigenvalue weighted by Crippen LogP contribution is 2.43. The number of nitrogens with zero attached hydrogens (tertiary/aromatic N) is 2. The van der Waals surface area contributed by atoms with E-state index in [1.807, 2.05) is 24.1 Å². The van der Waals surface area contributed by atoms with E-state index in [1.165, 1.54) is 16.6 Å². The second-order valence-electron chi connectivity index (χ2n) is 12.0. The Bertz CT molecular complexity index is 1510. The molecule has 2 aliphatic rings. The molecule has 1 aromatic heterocycles. The minimum atomic E-state index is -4.42. The highest BCUT2D eigenvalue weighted by atomic mass is 32.1. The molecular weight excluding hydrogens is 626 g/mol. The van der Waals surface area contributed by atoms with Gasteiger partial charge in [-0.25, -0.2) is 8.78 Å². The molecule has 2 N–H and O–H groups in total. The fourth-order valence-electron chi connectivity index (χ4n) is 6.12. The van der Waals surface area contributed by atoms with Crippen LogP contribution < -0.4 is 20.7 Å². The molecule has 2 saturated heterocycles. The van der Waals surface area contributed by atoms with Crippen molar-refractivity contribution in [3.05, 3.63) is 46.8 Å². The molecule has 5 nitrogen and oxygen atoms in total. The third-order valence-corrected chi connectivity index (χ3v) is 12.4. The highest BCUT2D eigenvalue weighted by Gasteiger charge is 2.32. The predicted octanol–water partition coefficient (Wildman–Crippen LogP) is 7.06. The van der Waals surface area contributed by atoms with Gasteiger partial charge in [0.05, 0.1) is 40.0 Å². The van der Waals surface area contributed by atoms with Gasteiger partial charge in [0, 0.05) is 19.1 Å². The van der Waals surface area contributed by atoms with Gasteiger partial charge >= 0.3 is 6.18 Å². The summed E-state index contributed by atoms with van der Waals surface area (Å²) in [7, 11) is 5.75. The maximum Gasteiger partial charge on any atom is 0.393 e. The lowest BCUT2D eigenvalue weighted by atomic mass is 10.0. The quantitative estimate of drug-likeness (QED) is 0.146. The second-order valence-corrected chi connectivity index (χ2v) is 15.5. The number of piperidine rings is 1. The van der Waals surface area contributed by atoms with Crippen LogP contribution in [0.2, 0.25) is 0 Å². The summed E-state index contributed by atoms with van der Waals surface area (Å²) in [5.74, 6) is 6.32. The number of nitrogens with one attached hydrogen (secondary N) is 2. The van der Waals surface area contributed by atoms with E-state index in [0.29, 0.717) is 51.1 Å². The first kappa shape index (κ1) is 33.7. The summed E-state index contributed by atoms with van der Waals surface area (Å²) in [6.45, 7) is 0.205. The Labute approximate surface area is 267 Å². The van der Waals surface area contributed by atoms with E-state index in [9.17, 15) is 22.0 Å². The Morgan fingerprint density at radius 2 is 1.89 bits per heavy atom. The van der Waals surface area contributed by atoms with Crippen LogP contribution in [-0.2, 0) is 6.42 Å². The number of benzene rings is 2. The van der Waals surface area contributed by atoms with Gasteiger partial charge in [0.25, 0.3) is 0 Å². The van der Waals surface area contributed by atoms with Crippen molar-refractivity contribution in [1.82, 2.24) is 9.80 Å². The summed E-state index contributed by atoms with van der Waals surface area (Å²) in [5, 5.41) is 8.06. The third kappa shape index (κ3) is 8.59. The fraction of sp³-hybridized carbons (Fsp3) is 0.515. The number of ether oxygens (including phenoxy) is 1. The van der Waals surface area contributed by atoms with E-state index < -0.39 is 31.7 Å². The molecule has 0 unspecified atom stereocenters. The van der Waals surface area contributed by atoms with Crippen LogP contribution in [0.25, 0.3) is 10.1 Å². The molecule has 45 heavy (non-hydrogen) atoms. The van der Waals surface area contributed by atoms with Crippen LogP contribution in [0.5, 0.6) is 5.75 Å². The van der Waals surface area contributed by atoms with E-state index >= 15 is 0 Å². The Morgan fingerprint density at radius 3 is 2.58 bits per heavy atom.